The second-order valence-electron chi connectivity index (χ2n) is 4.82. The first-order chi connectivity index (χ1) is 9.95. The van der Waals surface area contributed by atoms with Crippen LogP contribution in [-0.4, -0.2) is 51.2 Å². The maximum atomic E-state index is 12.3. The zero-order chi connectivity index (χ0) is 15.8. The van der Waals surface area contributed by atoms with Gasteiger partial charge in [0.2, 0.25) is 0 Å². The highest BCUT2D eigenvalue weighted by Crippen LogP contribution is 2.09. The SMILES string of the molecule is CC(C)N(CCCO)C(=O)c1ccc(C=CC(=O)O)cn1. The number of hydrogen-bond acceptors (Lipinski definition) is 4. The molecule has 1 amide bonds. The molecular weight excluding hydrogens is 272 g/mol. The molecule has 0 aliphatic rings. The summed E-state index contributed by atoms with van der Waals surface area (Å²) in [5.41, 5.74) is 0.912. The summed E-state index contributed by atoms with van der Waals surface area (Å²) in [6.45, 7) is 4.30. The summed E-state index contributed by atoms with van der Waals surface area (Å²) in [7, 11) is 0. The number of carboxylic acid groups (broad SMARTS) is 1. The van der Waals surface area contributed by atoms with Crippen LogP contribution in [0, 0.1) is 0 Å². The molecule has 0 atom stereocenters. The fourth-order valence-corrected chi connectivity index (χ4v) is 1.78. The lowest BCUT2D eigenvalue weighted by Crippen LogP contribution is -2.38. The molecule has 0 saturated heterocycles. The second kappa shape index (κ2) is 8.16. The largest absolute Gasteiger partial charge is 0.478 e. The molecule has 1 heterocycles. The van der Waals surface area contributed by atoms with Gasteiger partial charge < -0.3 is 15.1 Å². The Morgan fingerprint density at radius 2 is 2.10 bits per heavy atom. The van der Waals surface area contributed by atoms with E-state index in [1.165, 1.54) is 12.3 Å². The molecule has 0 saturated carbocycles. The van der Waals surface area contributed by atoms with Crippen molar-refractivity contribution in [3.8, 4) is 0 Å². The van der Waals surface area contributed by atoms with Crippen molar-refractivity contribution in [3.05, 3.63) is 35.7 Å². The highest BCUT2D eigenvalue weighted by molar-refractivity contribution is 5.92. The van der Waals surface area contributed by atoms with Crippen LogP contribution < -0.4 is 0 Å². The average molecular weight is 292 g/mol. The maximum Gasteiger partial charge on any atom is 0.328 e. The summed E-state index contributed by atoms with van der Waals surface area (Å²) in [6.07, 6.45) is 4.40. The Bertz CT molecular complexity index is 509. The number of amides is 1. The predicted octanol–water partition coefficient (Wildman–Crippen LogP) is 1.41. The van der Waals surface area contributed by atoms with E-state index in [1.807, 2.05) is 13.8 Å². The van der Waals surface area contributed by atoms with Crippen molar-refractivity contribution in [1.29, 1.82) is 0 Å². The van der Waals surface area contributed by atoms with E-state index in [4.69, 9.17) is 10.2 Å². The minimum absolute atomic E-state index is 0.0115. The molecule has 0 unspecified atom stereocenters. The molecule has 114 valence electrons. The number of carboxylic acids is 1. The molecule has 2 N–H and O–H groups in total. The molecule has 6 nitrogen and oxygen atoms in total. The molecule has 0 bridgehead atoms. The van der Waals surface area contributed by atoms with E-state index in [-0.39, 0.29) is 18.6 Å². The maximum absolute atomic E-state index is 12.3. The number of nitrogens with zero attached hydrogens (tertiary/aromatic N) is 2. The van der Waals surface area contributed by atoms with Crippen LogP contribution in [0.5, 0.6) is 0 Å². The van der Waals surface area contributed by atoms with E-state index < -0.39 is 5.97 Å². The van der Waals surface area contributed by atoms with Crippen molar-refractivity contribution in [1.82, 2.24) is 9.88 Å². The van der Waals surface area contributed by atoms with Crippen LogP contribution in [0.3, 0.4) is 0 Å². The first kappa shape index (κ1) is 16.8. The van der Waals surface area contributed by atoms with Gasteiger partial charge in [0.15, 0.2) is 0 Å². The zero-order valence-corrected chi connectivity index (χ0v) is 12.2. The summed E-state index contributed by atoms with van der Waals surface area (Å²) >= 11 is 0. The molecular formula is C15H20N2O4. The zero-order valence-electron chi connectivity index (χ0n) is 12.2. The van der Waals surface area contributed by atoms with Gasteiger partial charge in [0.25, 0.3) is 5.91 Å². The lowest BCUT2D eigenvalue weighted by Gasteiger charge is -2.26. The van der Waals surface area contributed by atoms with Crippen LogP contribution in [0.4, 0.5) is 0 Å². The molecule has 0 aliphatic carbocycles. The fraction of sp³-hybridized carbons (Fsp3) is 0.400. The van der Waals surface area contributed by atoms with Crippen LogP contribution in [0.25, 0.3) is 6.08 Å². The fourth-order valence-electron chi connectivity index (χ4n) is 1.78. The van der Waals surface area contributed by atoms with Crippen LogP contribution in [0.2, 0.25) is 0 Å². The predicted molar refractivity (Wildman–Crippen MR) is 78.8 cm³/mol. The van der Waals surface area contributed by atoms with Gasteiger partial charge in [-0.2, -0.15) is 0 Å². The van der Waals surface area contributed by atoms with E-state index in [9.17, 15) is 9.59 Å². The van der Waals surface area contributed by atoms with E-state index in [2.05, 4.69) is 4.98 Å². The van der Waals surface area contributed by atoms with Gasteiger partial charge in [0.05, 0.1) is 0 Å². The highest BCUT2D eigenvalue weighted by Gasteiger charge is 2.19. The summed E-state index contributed by atoms with van der Waals surface area (Å²) in [5, 5.41) is 17.4. The molecule has 1 aromatic rings. The Labute approximate surface area is 123 Å². The van der Waals surface area contributed by atoms with E-state index in [0.29, 0.717) is 24.2 Å². The van der Waals surface area contributed by atoms with Crippen LogP contribution in [-0.2, 0) is 4.79 Å². The van der Waals surface area contributed by atoms with Crippen molar-refractivity contribution in [2.24, 2.45) is 0 Å². The van der Waals surface area contributed by atoms with Crippen LogP contribution in [0.1, 0.15) is 36.3 Å². The number of aliphatic hydroxyl groups is 1. The lowest BCUT2D eigenvalue weighted by molar-refractivity contribution is -0.131. The topological polar surface area (TPSA) is 90.7 Å². The summed E-state index contributed by atoms with van der Waals surface area (Å²) in [4.78, 5) is 28.5. The standard InChI is InChI=1S/C15H20N2O4/c1-11(2)17(8-3-9-18)15(21)13-6-4-12(10-16-13)5-7-14(19)20/h4-7,10-11,18H,3,8-9H2,1-2H3,(H,19,20). The Morgan fingerprint density at radius 3 is 2.57 bits per heavy atom. The van der Waals surface area contributed by atoms with Gasteiger partial charge in [-0.05, 0) is 38.0 Å². The quantitative estimate of drug-likeness (QED) is 0.742. The molecule has 21 heavy (non-hydrogen) atoms. The molecule has 6 heteroatoms. The van der Waals surface area contributed by atoms with Crippen molar-refractivity contribution in [3.63, 3.8) is 0 Å². The first-order valence-corrected chi connectivity index (χ1v) is 6.74. The molecule has 0 radical (unpaired) electrons. The second-order valence-corrected chi connectivity index (χ2v) is 4.82. The van der Waals surface area contributed by atoms with Crippen LogP contribution in [0.15, 0.2) is 24.4 Å². The third kappa shape index (κ3) is 5.35. The number of carbonyl (C=O) groups is 2. The van der Waals surface area contributed by atoms with Gasteiger partial charge in [-0.15, -0.1) is 0 Å². The van der Waals surface area contributed by atoms with Crippen molar-refractivity contribution < 1.29 is 19.8 Å². The average Bonchev–Trinajstić information content (AvgIpc) is 2.45. The number of aliphatic carboxylic acids is 1. The number of hydrogen-bond donors (Lipinski definition) is 2. The molecule has 1 aromatic heterocycles. The highest BCUT2D eigenvalue weighted by atomic mass is 16.4. The Balaban J connectivity index is 2.83. The smallest absolute Gasteiger partial charge is 0.328 e. The molecule has 1 rings (SSSR count). The van der Waals surface area contributed by atoms with Crippen LogP contribution >= 0.6 is 0 Å². The summed E-state index contributed by atoms with van der Waals surface area (Å²) in [5.74, 6) is -1.24. The number of aliphatic hydroxyl groups excluding tert-OH is 1. The van der Waals surface area contributed by atoms with Crippen molar-refractivity contribution >= 4 is 18.0 Å². The van der Waals surface area contributed by atoms with Gasteiger partial charge >= 0.3 is 5.97 Å². The lowest BCUT2D eigenvalue weighted by atomic mass is 10.2. The molecule has 0 fully saturated rings. The van der Waals surface area contributed by atoms with Gasteiger partial charge in [0, 0.05) is 31.5 Å². The molecule has 0 aromatic carbocycles. The number of pyridine rings is 1. The molecule has 0 aliphatic heterocycles. The number of aromatic nitrogens is 1. The van der Waals surface area contributed by atoms with E-state index in [0.717, 1.165) is 6.08 Å². The Morgan fingerprint density at radius 1 is 1.38 bits per heavy atom. The first-order valence-electron chi connectivity index (χ1n) is 6.74. The van der Waals surface area contributed by atoms with Gasteiger partial charge in [-0.1, -0.05) is 6.07 Å². The minimum Gasteiger partial charge on any atom is -0.478 e. The monoisotopic (exact) mass is 292 g/mol. The Kier molecular flexibility index (Phi) is 6.55. The summed E-state index contributed by atoms with van der Waals surface area (Å²) < 4.78 is 0. The molecule has 0 spiro atoms. The number of carbonyl (C=O) groups excluding carboxylic acids is 1. The Hall–Kier alpha value is -2.21. The van der Waals surface area contributed by atoms with Gasteiger partial charge in [0.1, 0.15) is 5.69 Å². The van der Waals surface area contributed by atoms with E-state index in [1.54, 1.807) is 17.0 Å². The van der Waals surface area contributed by atoms with Crippen molar-refractivity contribution in [2.75, 3.05) is 13.2 Å². The third-order valence-corrected chi connectivity index (χ3v) is 2.87. The van der Waals surface area contributed by atoms with Crippen molar-refractivity contribution in [2.45, 2.75) is 26.3 Å². The van der Waals surface area contributed by atoms with Gasteiger partial charge in [-0.3, -0.25) is 9.78 Å². The van der Waals surface area contributed by atoms with Gasteiger partial charge in [-0.25, -0.2) is 4.79 Å². The minimum atomic E-state index is -1.04. The normalized spacial score (nSPS) is 11.0. The summed E-state index contributed by atoms with van der Waals surface area (Å²) in [6, 6.07) is 3.22. The number of rotatable bonds is 7. The van der Waals surface area contributed by atoms with E-state index >= 15 is 0 Å². The third-order valence-electron chi connectivity index (χ3n) is 2.87.